The first-order chi connectivity index (χ1) is 5.79. The first-order valence-corrected chi connectivity index (χ1v) is 4.83. The van der Waals surface area contributed by atoms with Gasteiger partial charge >= 0.3 is 0 Å². The van der Waals surface area contributed by atoms with E-state index in [1.165, 1.54) is 9.13 Å². The van der Waals surface area contributed by atoms with Gasteiger partial charge < -0.3 is 10.1 Å². The molecule has 0 amide bonds. The highest BCUT2D eigenvalue weighted by atomic mass is 127. The maximum absolute atomic E-state index is 5.23. The molecule has 1 aromatic carbocycles. The molecule has 12 heavy (non-hydrogen) atoms. The van der Waals surface area contributed by atoms with E-state index < -0.39 is 0 Å². The summed E-state index contributed by atoms with van der Waals surface area (Å²) in [5.41, 5.74) is 1.23. The quantitative estimate of drug-likeness (QED) is 0.853. The Balaban J connectivity index is 3.02. The van der Waals surface area contributed by atoms with Crippen molar-refractivity contribution in [2.75, 3.05) is 14.2 Å². The maximum Gasteiger partial charge on any atom is 0.124 e. The van der Waals surface area contributed by atoms with Gasteiger partial charge in [0, 0.05) is 15.7 Å². The largest absolute Gasteiger partial charge is 0.496 e. The van der Waals surface area contributed by atoms with E-state index in [1.807, 2.05) is 19.2 Å². The van der Waals surface area contributed by atoms with Gasteiger partial charge in [-0.25, -0.2) is 0 Å². The lowest BCUT2D eigenvalue weighted by molar-refractivity contribution is 0.408. The highest BCUT2D eigenvalue weighted by molar-refractivity contribution is 14.1. The van der Waals surface area contributed by atoms with Gasteiger partial charge in [0.05, 0.1) is 7.11 Å². The Kier molecular flexibility index (Phi) is 3.81. The molecule has 0 saturated heterocycles. The van der Waals surface area contributed by atoms with Crippen molar-refractivity contribution in [1.82, 2.24) is 5.32 Å². The van der Waals surface area contributed by atoms with Crippen LogP contribution in [0.15, 0.2) is 18.2 Å². The number of ether oxygens (including phenoxy) is 1. The van der Waals surface area contributed by atoms with Gasteiger partial charge in [-0.3, -0.25) is 0 Å². The first kappa shape index (κ1) is 9.80. The molecule has 0 spiro atoms. The van der Waals surface area contributed by atoms with Crippen LogP contribution in [0, 0.1) is 3.57 Å². The van der Waals surface area contributed by atoms with Crippen molar-refractivity contribution in [2.24, 2.45) is 0 Å². The molecule has 66 valence electrons. The van der Waals surface area contributed by atoms with E-state index in [0.29, 0.717) is 0 Å². The minimum Gasteiger partial charge on any atom is -0.496 e. The molecule has 0 aromatic heterocycles. The number of nitrogens with one attached hydrogen (secondary N) is 1. The Bertz CT molecular complexity index is 263. The Morgan fingerprint density at radius 3 is 2.83 bits per heavy atom. The number of halogens is 1. The predicted octanol–water partition coefficient (Wildman–Crippen LogP) is 2.02. The van der Waals surface area contributed by atoms with Crippen LogP contribution < -0.4 is 10.1 Å². The third kappa shape index (κ3) is 2.10. The van der Waals surface area contributed by atoms with Gasteiger partial charge in [-0.05, 0) is 41.8 Å². The summed E-state index contributed by atoms with van der Waals surface area (Å²) >= 11 is 2.31. The predicted molar refractivity (Wildman–Crippen MR) is 58.5 cm³/mol. The molecule has 0 unspecified atom stereocenters. The number of hydrogen-bond acceptors (Lipinski definition) is 2. The van der Waals surface area contributed by atoms with Gasteiger partial charge in [-0.15, -0.1) is 0 Å². The molecule has 0 aliphatic heterocycles. The topological polar surface area (TPSA) is 21.3 Å². The second-order valence-electron chi connectivity index (χ2n) is 2.45. The normalized spacial score (nSPS) is 9.92. The fraction of sp³-hybridized carbons (Fsp3) is 0.333. The van der Waals surface area contributed by atoms with Crippen LogP contribution in [-0.2, 0) is 6.54 Å². The fourth-order valence-electron chi connectivity index (χ4n) is 1.08. The minimum absolute atomic E-state index is 0.849. The molecule has 0 atom stereocenters. The van der Waals surface area contributed by atoms with Crippen molar-refractivity contribution in [3.05, 3.63) is 27.3 Å². The maximum atomic E-state index is 5.23. The zero-order valence-corrected chi connectivity index (χ0v) is 9.38. The number of rotatable bonds is 3. The summed E-state index contributed by atoms with van der Waals surface area (Å²) in [6.07, 6.45) is 0. The highest BCUT2D eigenvalue weighted by Gasteiger charge is 2.04. The molecule has 2 nitrogen and oxygen atoms in total. The smallest absolute Gasteiger partial charge is 0.124 e. The van der Waals surface area contributed by atoms with E-state index in [4.69, 9.17) is 4.74 Å². The second kappa shape index (κ2) is 4.67. The summed E-state index contributed by atoms with van der Waals surface area (Å²) in [5, 5.41) is 3.11. The summed E-state index contributed by atoms with van der Waals surface area (Å²) < 4.78 is 6.47. The van der Waals surface area contributed by atoms with Crippen LogP contribution in [0.3, 0.4) is 0 Å². The molecule has 0 bridgehead atoms. The molecule has 1 N–H and O–H groups in total. The van der Waals surface area contributed by atoms with Crippen molar-refractivity contribution < 1.29 is 4.74 Å². The number of methoxy groups -OCH3 is 1. The Morgan fingerprint density at radius 2 is 2.25 bits per heavy atom. The number of hydrogen-bond donors (Lipinski definition) is 1. The van der Waals surface area contributed by atoms with Gasteiger partial charge in [0.2, 0.25) is 0 Å². The van der Waals surface area contributed by atoms with Crippen molar-refractivity contribution >= 4 is 22.6 Å². The van der Waals surface area contributed by atoms with E-state index in [1.54, 1.807) is 7.11 Å². The minimum atomic E-state index is 0.849. The van der Waals surface area contributed by atoms with Crippen LogP contribution in [-0.4, -0.2) is 14.2 Å². The van der Waals surface area contributed by atoms with Crippen molar-refractivity contribution in [3.8, 4) is 5.75 Å². The molecule has 0 fully saturated rings. The lowest BCUT2D eigenvalue weighted by Gasteiger charge is -2.09. The van der Waals surface area contributed by atoms with Crippen LogP contribution in [0.2, 0.25) is 0 Å². The van der Waals surface area contributed by atoms with E-state index >= 15 is 0 Å². The van der Waals surface area contributed by atoms with E-state index in [2.05, 4.69) is 34.0 Å². The Morgan fingerprint density at radius 1 is 1.50 bits per heavy atom. The van der Waals surface area contributed by atoms with Crippen LogP contribution in [0.1, 0.15) is 5.56 Å². The van der Waals surface area contributed by atoms with Crippen molar-refractivity contribution in [1.29, 1.82) is 0 Å². The van der Waals surface area contributed by atoms with Crippen LogP contribution in [0.4, 0.5) is 0 Å². The fourth-order valence-corrected chi connectivity index (χ4v) is 1.74. The van der Waals surface area contributed by atoms with E-state index in [-0.39, 0.29) is 0 Å². The first-order valence-electron chi connectivity index (χ1n) is 3.75. The van der Waals surface area contributed by atoms with Gasteiger partial charge in [-0.2, -0.15) is 0 Å². The molecule has 0 aliphatic carbocycles. The molecule has 1 rings (SSSR count). The Hall–Kier alpha value is -0.290. The number of benzene rings is 1. The lowest BCUT2D eigenvalue weighted by atomic mass is 10.2. The SMILES string of the molecule is CNCc1c(I)cccc1OC. The van der Waals surface area contributed by atoms with Gasteiger partial charge in [0.25, 0.3) is 0 Å². The summed E-state index contributed by atoms with van der Waals surface area (Å²) in [5.74, 6) is 0.955. The molecule has 1 aromatic rings. The Labute approximate surface area is 86.5 Å². The monoisotopic (exact) mass is 277 g/mol. The summed E-state index contributed by atoms with van der Waals surface area (Å²) in [6, 6.07) is 6.06. The average molecular weight is 277 g/mol. The lowest BCUT2D eigenvalue weighted by Crippen LogP contribution is -2.08. The third-order valence-corrected chi connectivity index (χ3v) is 2.66. The molecule has 0 heterocycles. The zero-order chi connectivity index (χ0) is 8.97. The van der Waals surface area contributed by atoms with Gasteiger partial charge in [0.1, 0.15) is 5.75 Å². The molecule has 3 heteroatoms. The van der Waals surface area contributed by atoms with Crippen molar-refractivity contribution in [2.45, 2.75) is 6.54 Å². The molecular formula is C9H12INO. The van der Waals surface area contributed by atoms with Gasteiger partial charge in [-0.1, -0.05) is 6.07 Å². The zero-order valence-electron chi connectivity index (χ0n) is 7.23. The van der Waals surface area contributed by atoms with Crippen LogP contribution in [0.5, 0.6) is 5.75 Å². The molecular weight excluding hydrogens is 265 g/mol. The molecule has 0 radical (unpaired) electrons. The molecule has 0 aliphatic rings. The van der Waals surface area contributed by atoms with Gasteiger partial charge in [0.15, 0.2) is 0 Å². The summed E-state index contributed by atoms with van der Waals surface area (Å²) in [4.78, 5) is 0. The highest BCUT2D eigenvalue weighted by Crippen LogP contribution is 2.22. The molecule has 0 saturated carbocycles. The van der Waals surface area contributed by atoms with E-state index in [0.717, 1.165) is 12.3 Å². The second-order valence-corrected chi connectivity index (χ2v) is 3.61. The summed E-state index contributed by atoms with van der Waals surface area (Å²) in [6.45, 7) is 0.849. The summed E-state index contributed by atoms with van der Waals surface area (Å²) in [7, 11) is 3.63. The average Bonchev–Trinajstić information content (AvgIpc) is 2.09. The van der Waals surface area contributed by atoms with Crippen LogP contribution in [0.25, 0.3) is 0 Å². The van der Waals surface area contributed by atoms with Crippen molar-refractivity contribution in [3.63, 3.8) is 0 Å². The standard InChI is InChI=1S/C9H12INO/c1-11-6-7-8(10)4-3-5-9(7)12-2/h3-5,11H,6H2,1-2H3. The van der Waals surface area contributed by atoms with Crippen LogP contribution >= 0.6 is 22.6 Å². The third-order valence-electron chi connectivity index (χ3n) is 1.65. The van der Waals surface area contributed by atoms with E-state index in [9.17, 15) is 0 Å².